The molecule has 90 valence electrons. The second kappa shape index (κ2) is 5.31. The summed E-state index contributed by atoms with van der Waals surface area (Å²) >= 11 is 0. The average Bonchev–Trinajstić information content (AvgIpc) is 2.81. The summed E-state index contributed by atoms with van der Waals surface area (Å²) < 4.78 is 6.54. The van der Waals surface area contributed by atoms with E-state index in [9.17, 15) is 4.79 Å². The highest BCUT2D eigenvalue weighted by atomic mass is 35.5. The molecular weight excluding hydrogens is 246 g/mol. The quantitative estimate of drug-likeness (QED) is 0.897. The highest BCUT2D eigenvalue weighted by Gasteiger charge is 2.15. The van der Waals surface area contributed by atoms with Gasteiger partial charge in [0.2, 0.25) is 0 Å². The first-order valence-electron chi connectivity index (χ1n) is 4.51. The molecule has 0 amide bonds. The molecule has 2 aromatic rings. The van der Waals surface area contributed by atoms with E-state index in [-0.39, 0.29) is 23.7 Å². The monoisotopic (exact) mass is 255 g/mol. The Balaban J connectivity index is 0.00000144. The summed E-state index contributed by atoms with van der Waals surface area (Å²) in [6, 6.07) is 4.81. The zero-order valence-electron chi connectivity index (χ0n) is 8.90. The van der Waals surface area contributed by atoms with Gasteiger partial charge in [0, 0.05) is 0 Å². The van der Waals surface area contributed by atoms with E-state index in [1.54, 1.807) is 18.3 Å². The summed E-state index contributed by atoms with van der Waals surface area (Å²) in [5.41, 5.74) is 0.635. The third-order valence-corrected chi connectivity index (χ3v) is 2.10. The third kappa shape index (κ3) is 2.36. The van der Waals surface area contributed by atoms with Gasteiger partial charge in [-0.05, 0) is 12.1 Å². The fourth-order valence-corrected chi connectivity index (χ4v) is 1.42. The van der Waals surface area contributed by atoms with E-state index in [0.717, 1.165) is 0 Å². The van der Waals surface area contributed by atoms with Gasteiger partial charge in [-0.15, -0.1) is 17.5 Å². The highest BCUT2D eigenvalue weighted by molar-refractivity contribution is 5.92. The number of methoxy groups -OCH3 is 1. The lowest BCUT2D eigenvalue weighted by atomic mass is 10.1. The largest absolute Gasteiger partial charge is 0.494 e. The van der Waals surface area contributed by atoms with Gasteiger partial charge in [0.05, 0.1) is 19.5 Å². The van der Waals surface area contributed by atoms with Crippen LogP contribution < -0.4 is 4.74 Å². The maximum absolute atomic E-state index is 11.0. The molecule has 0 unspecified atom stereocenters. The van der Waals surface area contributed by atoms with Crippen LogP contribution in [0.15, 0.2) is 30.6 Å². The minimum absolute atomic E-state index is 0. The molecule has 0 saturated carbocycles. The van der Waals surface area contributed by atoms with Gasteiger partial charge in [0.1, 0.15) is 11.3 Å². The molecule has 0 aliphatic rings. The van der Waals surface area contributed by atoms with Gasteiger partial charge < -0.3 is 9.84 Å². The Bertz CT molecular complexity index is 514. The van der Waals surface area contributed by atoms with Crippen LogP contribution in [0, 0.1) is 0 Å². The first-order chi connectivity index (χ1) is 7.74. The Morgan fingerprint density at radius 2 is 2.24 bits per heavy atom. The van der Waals surface area contributed by atoms with Crippen LogP contribution in [-0.4, -0.2) is 33.2 Å². The average molecular weight is 256 g/mol. The van der Waals surface area contributed by atoms with Crippen LogP contribution in [-0.2, 0) is 0 Å². The number of aromatic carboxylic acids is 1. The fraction of sp³-hybridized carbons (Fsp3) is 0.100. The summed E-state index contributed by atoms with van der Waals surface area (Å²) in [6.45, 7) is 0. The SMILES string of the molecule is COc1c(C(=O)O)cccc1-n1ccnn1.Cl. The lowest BCUT2D eigenvalue weighted by molar-refractivity contribution is 0.0693. The van der Waals surface area contributed by atoms with Crippen LogP contribution >= 0.6 is 12.4 Å². The first-order valence-corrected chi connectivity index (χ1v) is 4.51. The number of benzene rings is 1. The second-order valence-corrected chi connectivity index (χ2v) is 3.01. The zero-order valence-corrected chi connectivity index (χ0v) is 9.72. The van der Waals surface area contributed by atoms with E-state index in [1.807, 2.05) is 0 Å². The van der Waals surface area contributed by atoms with E-state index in [4.69, 9.17) is 9.84 Å². The Kier molecular flexibility index (Phi) is 4.06. The van der Waals surface area contributed by atoms with Crippen molar-refractivity contribution in [3.05, 3.63) is 36.2 Å². The number of nitrogens with zero attached hydrogens (tertiary/aromatic N) is 3. The molecule has 7 heteroatoms. The Hall–Kier alpha value is -2.08. The molecule has 0 fully saturated rings. The number of para-hydroxylation sites is 1. The third-order valence-electron chi connectivity index (χ3n) is 2.10. The Morgan fingerprint density at radius 1 is 1.47 bits per heavy atom. The molecule has 0 radical (unpaired) electrons. The number of carboxylic acids is 1. The van der Waals surface area contributed by atoms with Gasteiger partial charge >= 0.3 is 5.97 Å². The van der Waals surface area contributed by atoms with Crippen molar-refractivity contribution in [2.24, 2.45) is 0 Å². The summed E-state index contributed by atoms with van der Waals surface area (Å²) in [6.07, 6.45) is 3.12. The maximum Gasteiger partial charge on any atom is 0.339 e. The minimum atomic E-state index is -1.04. The molecule has 0 aliphatic heterocycles. The summed E-state index contributed by atoms with van der Waals surface area (Å²) in [5, 5.41) is 16.4. The topological polar surface area (TPSA) is 77.2 Å². The van der Waals surface area contributed by atoms with Crippen molar-refractivity contribution in [2.75, 3.05) is 7.11 Å². The van der Waals surface area contributed by atoms with Crippen LogP contribution in [0.5, 0.6) is 5.75 Å². The molecule has 1 N–H and O–H groups in total. The number of carbonyl (C=O) groups is 1. The van der Waals surface area contributed by atoms with Crippen LogP contribution in [0.4, 0.5) is 0 Å². The summed E-state index contributed by atoms with van der Waals surface area (Å²) in [7, 11) is 1.42. The second-order valence-electron chi connectivity index (χ2n) is 3.01. The maximum atomic E-state index is 11.0. The first kappa shape index (κ1) is 13.0. The van der Waals surface area contributed by atoms with Crippen LogP contribution in [0.3, 0.4) is 0 Å². The molecule has 17 heavy (non-hydrogen) atoms. The van der Waals surface area contributed by atoms with Gasteiger partial charge in [0.15, 0.2) is 5.75 Å². The number of aromatic nitrogens is 3. The van der Waals surface area contributed by atoms with Gasteiger partial charge in [0.25, 0.3) is 0 Å². The normalized spacial score (nSPS) is 9.47. The van der Waals surface area contributed by atoms with Crippen molar-refractivity contribution >= 4 is 18.4 Å². The molecule has 2 rings (SSSR count). The minimum Gasteiger partial charge on any atom is -0.494 e. The van der Waals surface area contributed by atoms with Crippen molar-refractivity contribution < 1.29 is 14.6 Å². The summed E-state index contributed by atoms with van der Waals surface area (Å²) in [5.74, 6) is -0.778. The lowest BCUT2D eigenvalue weighted by Crippen LogP contribution is -2.05. The van der Waals surface area contributed by atoms with Gasteiger partial charge in [-0.25, -0.2) is 9.48 Å². The van der Waals surface area contributed by atoms with Gasteiger partial charge in [-0.3, -0.25) is 0 Å². The van der Waals surface area contributed by atoms with Crippen molar-refractivity contribution in [1.29, 1.82) is 0 Å². The summed E-state index contributed by atoms with van der Waals surface area (Å²) in [4.78, 5) is 11.0. The predicted molar refractivity (Wildman–Crippen MR) is 62.1 cm³/mol. The standard InChI is InChI=1S/C10H9N3O3.ClH/c1-16-9-7(10(14)15)3-2-4-8(9)13-6-5-11-12-13;/h2-6H,1H3,(H,14,15);1H. The molecule has 0 spiro atoms. The number of rotatable bonds is 3. The molecule has 6 nitrogen and oxygen atoms in total. The van der Waals surface area contributed by atoms with Crippen molar-refractivity contribution in [3.8, 4) is 11.4 Å². The number of halogens is 1. The van der Waals surface area contributed by atoms with E-state index < -0.39 is 5.97 Å². The fourth-order valence-electron chi connectivity index (χ4n) is 1.42. The van der Waals surface area contributed by atoms with E-state index in [2.05, 4.69) is 10.3 Å². The number of carboxylic acid groups (broad SMARTS) is 1. The smallest absolute Gasteiger partial charge is 0.339 e. The molecular formula is C10H10ClN3O3. The Morgan fingerprint density at radius 3 is 2.76 bits per heavy atom. The molecule has 0 aliphatic carbocycles. The zero-order chi connectivity index (χ0) is 11.5. The van der Waals surface area contributed by atoms with E-state index in [1.165, 1.54) is 24.1 Å². The molecule has 1 aromatic carbocycles. The van der Waals surface area contributed by atoms with Crippen LogP contribution in [0.2, 0.25) is 0 Å². The molecule has 1 heterocycles. The van der Waals surface area contributed by atoms with Crippen LogP contribution in [0.1, 0.15) is 10.4 Å². The predicted octanol–water partition coefficient (Wildman–Crippen LogP) is 1.40. The molecule has 1 aromatic heterocycles. The van der Waals surface area contributed by atoms with Crippen molar-refractivity contribution in [3.63, 3.8) is 0 Å². The molecule has 0 atom stereocenters. The van der Waals surface area contributed by atoms with Gasteiger partial charge in [-0.2, -0.15) is 0 Å². The number of hydrogen-bond acceptors (Lipinski definition) is 4. The number of ether oxygens (including phenoxy) is 1. The number of hydrogen-bond donors (Lipinski definition) is 1. The van der Waals surface area contributed by atoms with Crippen molar-refractivity contribution in [1.82, 2.24) is 15.0 Å². The highest BCUT2D eigenvalue weighted by Crippen LogP contribution is 2.26. The van der Waals surface area contributed by atoms with E-state index in [0.29, 0.717) is 5.69 Å². The molecule has 0 bridgehead atoms. The van der Waals surface area contributed by atoms with Gasteiger partial charge in [-0.1, -0.05) is 11.3 Å². The van der Waals surface area contributed by atoms with Crippen molar-refractivity contribution in [2.45, 2.75) is 0 Å². The van der Waals surface area contributed by atoms with E-state index >= 15 is 0 Å². The van der Waals surface area contributed by atoms with Crippen LogP contribution in [0.25, 0.3) is 5.69 Å². The Labute approximate surface area is 103 Å². The lowest BCUT2D eigenvalue weighted by Gasteiger charge is -2.10. The molecule has 0 saturated heterocycles.